The van der Waals surface area contributed by atoms with Crippen LogP contribution in [0.25, 0.3) is 0 Å². The number of likely N-dealkylation sites (tertiary alicyclic amines) is 1. The summed E-state index contributed by atoms with van der Waals surface area (Å²) in [4.78, 5) is 0.388. The summed E-state index contributed by atoms with van der Waals surface area (Å²) >= 11 is 0. The highest BCUT2D eigenvalue weighted by Gasteiger charge is 2.32. The molecule has 1 saturated heterocycles. The second-order valence-corrected chi connectivity index (χ2v) is 7.90. The summed E-state index contributed by atoms with van der Waals surface area (Å²) in [6.45, 7) is 4.39. The van der Waals surface area contributed by atoms with Gasteiger partial charge in [0.25, 0.3) is 0 Å². The number of hydrogen-bond acceptors (Lipinski definition) is 3. The van der Waals surface area contributed by atoms with E-state index in [1.54, 1.807) is 12.1 Å². The Morgan fingerprint density at radius 2 is 1.95 bits per heavy atom. The van der Waals surface area contributed by atoms with E-state index in [1.807, 2.05) is 12.1 Å². The lowest BCUT2D eigenvalue weighted by molar-refractivity contribution is -1.10. The molecule has 1 N–H and O–H groups in total. The van der Waals surface area contributed by atoms with Crippen molar-refractivity contribution in [1.82, 2.24) is 0 Å². The monoisotopic (exact) mass is 298 g/mol. The molecule has 0 aliphatic carbocycles. The molecule has 1 aliphatic heterocycles. The highest BCUT2D eigenvalue weighted by atomic mass is 32.2. The van der Waals surface area contributed by atoms with E-state index in [-0.39, 0.29) is 4.65 Å². The smallest absolute Gasteiger partial charge is 0.175 e. The van der Waals surface area contributed by atoms with E-state index in [1.165, 1.54) is 6.26 Å². The Kier molecular flexibility index (Phi) is 4.52. The number of quaternary nitrogens is 1. The van der Waals surface area contributed by atoms with Crippen LogP contribution in [0.4, 0.5) is 0 Å². The van der Waals surface area contributed by atoms with Gasteiger partial charge < -0.3 is 0 Å². The molecular formula is C15H24NO3S+. The molecule has 0 spiro atoms. The Morgan fingerprint density at radius 3 is 2.50 bits per heavy atom. The van der Waals surface area contributed by atoms with Crippen LogP contribution in [0.2, 0.25) is 0 Å². The van der Waals surface area contributed by atoms with Crippen LogP contribution in [-0.2, 0) is 9.84 Å². The summed E-state index contributed by atoms with van der Waals surface area (Å²) in [5.41, 5.74) is 1.08. The van der Waals surface area contributed by atoms with Gasteiger partial charge in [0.2, 0.25) is 0 Å². The van der Waals surface area contributed by atoms with Gasteiger partial charge in [0.15, 0.2) is 9.84 Å². The quantitative estimate of drug-likeness (QED) is 0.869. The van der Waals surface area contributed by atoms with E-state index in [2.05, 4.69) is 6.92 Å². The number of piperidine rings is 1. The summed E-state index contributed by atoms with van der Waals surface area (Å²) < 4.78 is 23.4. The maximum atomic E-state index is 11.6. The van der Waals surface area contributed by atoms with Crippen LogP contribution in [0, 0.1) is 0 Å². The van der Waals surface area contributed by atoms with Crippen LogP contribution in [0.15, 0.2) is 29.2 Å². The van der Waals surface area contributed by atoms with Gasteiger partial charge in [0, 0.05) is 19.1 Å². The summed E-state index contributed by atoms with van der Waals surface area (Å²) in [7, 11) is -3.15. The molecule has 1 aromatic carbocycles. The lowest BCUT2D eigenvalue weighted by Gasteiger charge is -2.36. The molecular weight excluding hydrogens is 274 g/mol. The Morgan fingerprint density at radius 1 is 1.30 bits per heavy atom. The van der Waals surface area contributed by atoms with Crippen molar-refractivity contribution in [2.45, 2.75) is 37.0 Å². The van der Waals surface area contributed by atoms with Gasteiger partial charge in [-0.15, -0.1) is 0 Å². The molecule has 1 aromatic rings. The highest BCUT2D eigenvalue weighted by Crippen LogP contribution is 2.31. The van der Waals surface area contributed by atoms with E-state index in [0.717, 1.165) is 44.5 Å². The highest BCUT2D eigenvalue weighted by molar-refractivity contribution is 7.90. The van der Waals surface area contributed by atoms with Gasteiger partial charge in [-0.1, -0.05) is 19.1 Å². The van der Waals surface area contributed by atoms with Crippen molar-refractivity contribution in [2.75, 3.05) is 25.9 Å². The summed E-state index contributed by atoms with van der Waals surface area (Å²) in [6.07, 6.45) is 4.03. The molecule has 1 fully saturated rings. The fourth-order valence-electron chi connectivity index (χ4n) is 3.02. The first-order valence-corrected chi connectivity index (χ1v) is 9.12. The van der Waals surface area contributed by atoms with Crippen LogP contribution in [0.5, 0.6) is 0 Å². The maximum Gasteiger partial charge on any atom is 0.175 e. The van der Waals surface area contributed by atoms with E-state index < -0.39 is 9.84 Å². The van der Waals surface area contributed by atoms with Crippen molar-refractivity contribution >= 4 is 9.84 Å². The molecule has 0 aromatic heterocycles. The lowest BCUT2D eigenvalue weighted by atomic mass is 9.89. The van der Waals surface area contributed by atoms with Gasteiger partial charge in [0.05, 0.1) is 4.90 Å². The third-order valence-corrected chi connectivity index (χ3v) is 5.30. The molecule has 0 saturated carbocycles. The van der Waals surface area contributed by atoms with Crippen LogP contribution < -0.4 is 0 Å². The van der Waals surface area contributed by atoms with E-state index in [4.69, 9.17) is 0 Å². The molecule has 4 nitrogen and oxygen atoms in total. The van der Waals surface area contributed by atoms with Gasteiger partial charge in [-0.25, -0.2) is 13.6 Å². The lowest BCUT2D eigenvalue weighted by Crippen LogP contribution is -2.50. The molecule has 2 rings (SSSR count). The molecule has 112 valence electrons. The van der Waals surface area contributed by atoms with Crippen molar-refractivity contribution in [1.29, 1.82) is 0 Å². The van der Waals surface area contributed by atoms with Crippen molar-refractivity contribution in [3.63, 3.8) is 0 Å². The fourth-order valence-corrected chi connectivity index (χ4v) is 3.70. The minimum Gasteiger partial charge on any atom is -0.224 e. The van der Waals surface area contributed by atoms with Crippen LogP contribution in [0.3, 0.4) is 0 Å². The molecule has 1 aliphatic rings. The predicted octanol–water partition coefficient (Wildman–Crippen LogP) is 2.58. The minimum atomic E-state index is -3.15. The second kappa shape index (κ2) is 5.84. The van der Waals surface area contributed by atoms with Gasteiger partial charge in [0.1, 0.15) is 19.6 Å². The number of benzene rings is 1. The SMILES string of the molecule is CCC[N+]1(O)CCC(c2cccc(S(C)(=O)=O)c2)CC1. The average Bonchev–Trinajstić information content (AvgIpc) is 2.39. The Labute approximate surface area is 121 Å². The first-order chi connectivity index (χ1) is 9.34. The number of hydroxylamine groups is 3. The number of rotatable bonds is 4. The van der Waals surface area contributed by atoms with Crippen LogP contribution in [-0.4, -0.2) is 44.2 Å². The molecule has 0 unspecified atom stereocenters. The summed E-state index contributed by atoms with van der Waals surface area (Å²) in [5.74, 6) is 0.354. The minimum absolute atomic E-state index is 0.165. The first kappa shape index (κ1) is 15.5. The molecule has 0 atom stereocenters. The zero-order valence-electron chi connectivity index (χ0n) is 12.2. The van der Waals surface area contributed by atoms with Crippen molar-refractivity contribution < 1.29 is 18.3 Å². The van der Waals surface area contributed by atoms with E-state index in [0.29, 0.717) is 10.8 Å². The van der Waals surface area contributed by atoms with Crippen molar-refractivity contribution in [2.24, 2.45) is 0 Å². The van der Waals surface area contributed by atoms with E-state index in [9.17, 15) is 13.6 Å². The Hall–Kier alpha value is -0.910. The van der Waals surface area contributed by atoms with Crippen molar-refractivity contribution in [3.05, 3.63) is 29.8 Å². The largest absolute Gasteiger partial charge is 0.224 e. The third kappa shape index (κ3) is 3.59. The van der Waals surface area contributed by atoms with Crippen LogP contribution >= 0.6 is 0 Å². The number of nitrogens with zero attached hydrogens (tertiary/aromatic N) is 1. The van der Waals surface area contributed by atoms with E-state index >= 15 is 0 Å². The summed E-state index contributed by atoms with van der Waals surface area (Å²) in [6, 6.07) is 7.24. The van der Waals surface area contributed by atoms with Gasteiger partial charge in [-0.2, -0.15) is 4.65 Å². The van der Waals surface area contributed by atoms with Gasteiger partial charge in [-0.05, 0) is 30.0 Å². The standard InChI is InChI=1S/C15H24NO3S/c1-3-9-16(17)10-7-13(8-11-16)14-5-4-6-15(12-14)20(2,18)19/h4-6,12-13,17H,3,7-11H2,1-2H3/q+1. The molecule has 1 heterocycles. The van der Waals surface area contributed by atoms with Crippen LogP contribution in [0.1, 0.15) is 37.7 Å². The zero-order chi connectivity index (χ0) is 14.8. The molecule has 0 radical (unpaired) electrons. The molecule has 5 heteroatoms. The maximum absolute atomic E-state index is 11.6. The fraction of sp³-hybridized carbons (Fsp3) is 0.600. The Bertz CT molecular complexity index is 560. The predicted molar refractivity (Wildman–Crippen MR) is 78.5 cm³/mol. The van der Waals surface area contributed by atoms with Gasteiger partial charge >= 0.3 is 0 Å². The topological polar surface area (TPSA) is 54.4 Å². The van der Waals surface area contributed by atoms with Gasteiger partial charge in [-0.3, -0.25) is 0 Å². The average molecular weight is 298 g/mol. The molecule has 0 amide bonds. The molecule has 0 bridgehead atoms. The number of sulfone groups is 1. The normalized spacial score (nSPS) is 27.4. The molecule has 20 heavy (non-hydrogen) atoms. The second-order valence-electron chi connectivity index (χ2n) is 5.88. The van der Waals surface area contributed by atoms with Crippen molar-refractivity contribution in [3.8, 4) is 0 Å². The first-order valence-electron chi connectivity index (χ1n) is 7.23. The zero-order valence-corrected chi connectivity index (χ0v) is 13.1. The summed E-state index contributed by atoms with van der Waals surface area (Å²) in [5, 5.41) is 10.4. The number of hydrogen-bond donors (Lipinski definition) is 1. The third-order valence-electron chi connectivity index (χ3n) is 4.19. The Balaban J connectivity index is 2.11.